The first-order valence-corrected chi connectivity index (χ1v) is 7.80. The monoisotopic (exact) mass is 392 g/mol. The summed E-state index contributed by atoms with van der Waals surface area (Å²) in [5.41, 5.74) is 1.29. The van der Waals surface area contributed by atoms with Crippen LogP contribution in [0.2, 0.25) is 10.0 Å². The fraction of sp³-hybridized carbons (Fsp3) is 0.176. The second-order valence-corrected chi connectivity index (χ2v) is 6.15. The number of hydrogen-bond donors (Lipinski definition) is 0. The van der Waals surface area contributed by atoms with Gasteiger partial charge < -0.3 is 0 Å². The van der Waals surface area contributed by atoms with Crippen molar-refractivity contribution in [1.82, 2.24) is 0 Å². The smallest absolute Gasteiger partial charge is 0.253 e. The lowest BCUT2D eigenvalue weighted by atomic mass is 10.1. The number of hydrogen-bond acceptors (Lipinski definition) is 2. The van der Waals surface area contributed by atoms with Gasteiger partial charge >= 0.3 is 0 Å². The summed E-state index contributed by atoms with van der Waals surface area (Å²) in [6.07, 6.45) is 0. The van der Waals surface area contributed by atoms with E-state index in [9.17, 15) is 18.4 Å². The van der Waals surface area contributed by atoms with E-state index >= 15 is 0 Å². The average Bonchev–Trinajstić information content (AvgIpc) is 2.46. The van der Waals surface area contributed by atoms with Crippen LogP contribution < -0.4 is 0 Å². The van der Waals surface area contributed by atoms with Crippen molar-refractivity contribution in [2.45, 2.75) is 20.8 Å². The summed E-state index contributed by atoms with van der Waals surface area (Å²) in [6.45, 7) is 4.53. The van der Waals surface area contributed by atoms with Crippen LogP contribution in [0.4, 0.5) is 8.78 Å². The zero-order chi connectivity index (χ0) is 18.6. The van der Waals surface area contributed by atoms with E-state index in [1.807, 2.05) is 0 Å². The number of halogens is 5. The molecule has 0 aliphatic heterocycles. The van der Waals surface area contributed by atoms with Crippen LogP contribution in [0, 0.1) is 25.5 Å². The minimum absolute atomic E-state index is 0.0399. The van der Waals surface area contributed by atoms with Crippen molar-refractivity contribution in [3.63, 3.8) is 0 Å². The molecule has 7 heteroatoms. The Balaban J connectivity index is 0.000000240. The summed E-state index contributed by atoms with van der Waals surface area (Å²) in [5.74, 6) is -0.977. The van der Waals surface area contributed by atoms with E-state index < -0.39 is 11.1 Å². The Kier molecular flexibility index (Phi) is 7.33. The number of aryl methyl sites for hydroxylation is 2. The maximum atomic E-state index is 12.8. The largest absolute Gasteiger partial charge is 0.294 e. The molecule has 2 aromatic carbocycles. The van der Waals surface area contributed by atoms with Crippen LogP contribution in [0.5, 0.6) is 0 Å². The van der Waals surface area contributed by atoms with E-state index in [1.54, 1.807) is 6.92 Å². The number of carbonyl (C=O) groups excluding carboxylic acids is 2. The lowest BCUT2D eigenvalue weighted by Gasteiger charge is -2.02. The molecule has 0 heterocycles. The Hall–Kier alpha value is -1.49. The zero-order valence-electron chi connectivity index (χ0n) is 13.0. The van der Waals surface area contributed by atoms with Crippen molar-refractivity contribution in [3.05, 3.63) is 68.2 Å². The summed E-state index contributed by atoms with van der Waals surface area (Å²) in [7, 11) is 0. The summed E-state index contributed by atoms with van der Waals surface area (Å²) >= 11 is 16.4. The Labute approximate surface area is 153 Å². The number of carbonyl (C=O) groups is 2. The molecule has 0 fully saturated rings. The SMILES string of the molecule is CC(=O)c1cc(C)c(F)cc1Cl.Cc1cc(C(=O)Cl)c(Cl)cc1F. The maximum Gasteiger partial charge on any atom is 0.253 e. The van der Waals surface area contributed by atoms with Crippen LogP contribution in [0.1, 0.15) is 38.8 Å². The fourth-order valence-corrected chi connectivity index (χ4v) is 2.46. The third-order valence-corrected chi connectivity index (χ3v) is 3.92. The maximum absolute atomic E-state index is 12.8. The van der Waals surface area contributed by atoms with Crippen LogP contribution >= 0.6 is 34.8 Å². The summed E-state index contributed by atoms with van der Waals surface area (Å²) < 4.78 is 25.6. The molecule has 0 bridgehead atoms. The van der Waals surface area contributed by atoms with Crippen molar-refractivity contribution in [2.75, 3.05) is 0 Å². The second kappa shape index (κ2) is 8.56. The number of rotatable bonds is 2. The molecule has 0 radical (unpaired) electrons. The molecule has 0 saturated carbocycles. The Morgan fingerprint density at radius 3 is 1.58 bits per heavy atom. The molecule has 24 heavy (non-hydrogen) atoms. The molecule has 0 atom stereocenters. The summed E-state index contributed by atoms with van der Waals surface area (Å²) in [4.78, 5) is 21.6. The third kappa shape index (κ3) is 5.26. The van der Waals surface area contributed by atoms with Crippen molar-refractivity contribution in [3.8, 4) is 0 Å². The van der Waals surface area contributed by atoms with E-state index in [0.717, 1.165) is 12.1 Å². The fourth-order valence-electron chi connectivity index (χ4n) is 1.73. The molecule has 128 valence electrons. The first-order valence-electron chi connectivity index (χ1n) is 6.66. The topological polar surface area (TPSA) is 34.1 Å². The van der Waals surface area contributed by atoms with Gasteiger partial charge in [0.25, 0.3) is 5.24 Å². The second-order valence-electron chi connectivity index (χ2n) is 4.99. The molecule has 0 N–H and O–H groups in total. The third-order valence-electron chi connectivity index (χ3n) is 3.09. The predicted molar refractivity (Wildman–Crippen MR) is 92.5 cm³/mol. The van der Waals surface area contributed by atoms with Gasteiger partial charge in [0.05, 0.1) is 15.6 Å². The van der Waals surface area contributed by atoms with E-state index in [-0.39, 0.29) is 27.2 Å². The standard InChI is InChI=1S/C9H8ClFO.C8H5Cl2FO/c1-5-3-7(6(2)12)8(10)4-9(5)11;1-4-2-5(8(10)12)6(9)3-7(4)11/h3-4H,1-2H3;2-3H,1H3. The molecule has 0 aromatic heterocycles. The molecule has 2 nitrogen and oxygen atoms in total. The molecule has 0 amide bonds. The van der Waals surface area contributed by atoms with Crippen LogP contribution in [-0.4, -0.2) is 11.0 Å². The highest BCUT2D eigenvalue weighted by atomic mass is 35.5. The zero-order valence-corrected chi connectivity index (χ0v) is 15.3. The van der Waals surface area contributed by atoms with Crippen LogP contribution in [0.3, 0.4) is 0 Å². The van der Waals surface area contributed by atoms with Gasteiger partial charge in [-0.3, -0.25) is 9.59 Å². The quantitative estimate of drug-likeness (QED) is 0.452. The molecule has 0 spiro atoms. The molecule has 2 aromatic rings. The lowest BCUT2D eigenvalue weighted by Crippen LogP contribution is -1.95. The molecule has 0 aliphatic rings. The lowest BCUT2D eigenvalue weighted by molar-refractivity contribution is 0.101. The summed E-state index contributed by atoms with van der Waals surface area (Å²) in [5, 5.41) is -0.466. The van der Waals surface area contributed by atoms with Crippen LogP contribution in [-0.2, 0) is 0 Å². The molecule has 0 unspecified atom stereocenters. The molecule has 0 saturated heterocycles. The normalized spacial score (nSPS) is 10.0. The van der Waals surface area contributed by atoms with E-state index in [0.29, 0.717) is 16.7 Å². The van der Waals surface area contributed by atoms with Crippen LogP contribution in [0.25, 0.3) is 0 Å². The van der Waals surface area contributed by atoms with Crippen LogP contribution in [0.15, 0.2) is 24.3 Å². The van der Waals surface area contributed by atoms with Gasteiger partial charge in [-0.25, -0.2) is 8.78 Å². The molecular weight excluding hydrogens is 381 g/mol. The van der Waals surface area contributed by atoms with Gasteiger partial charge in [0.15, 0.2) is 5.78 Å². The van der Waals surface area contributed by atoms with Gasteiger partial charge in [0.2, 0.25) is 0 Å². The first kappa shape index (κ1) is 20.6. The highest BCUT2D eigenvalue weighted by Gasteiger charge is 2.10. The highest BCUT2D eigenvalue weighted by Crippen LogP contribution is 2.22. The van der Waals surface area contributed by atoms with Gasteiger partial charge in [-0.1, -0.05) is 23.2 Å². The van der Waals surface area contributed by atoms with E-state index in [2.05, 4.69) is 0 Å². The predicted octanol–water partition coefficient (Wildman–Crippen LogP) is 6.16. The molecule has 2 rings (SSSR count). The number of ketones is 1. The van der Waals surface area contributed by atoms with Crippen molar-refractivity contribution >= 4 is 45.8 Å². The highest BCUT2D eigenvalue weighted by molar-refractivity contribution is 6.68. The van der Waals surface area contributed by atoms with Gasteiger partial charge in [0.1, 0.15) is 11.6 Å². The Bertz CT molecular complexity index is 737. The van der Waals surface area contributed by atoms with Crippen molar-refractivity contribution < 1.29 is 18.4 Å². The average molecular weight is 394 g/mol. The van der Waals surface area contributed by atoms with Gasteiger partial charge in [-0.05, 0) is 67.8 Å². The van der Waals surface area contributed by atoms with E-state index in [4.69, 9.17) is 34.8 Å². The Morgan fingerprint density at radius 1 is 0.833 bits per heavy atom. The number of Topliss-reactive ketones (excluding diaryl/α,β-unsaturated/α-hetero) is 1. The van der Waals surface area contributed by atoms with Gasteiger partial charge in [-0.2, -0.15) is 0 Å². The van der Waals surface area contributed by atoms with Gasteiger partial charge in [-0.15, -0.1) is 0 Å². The Morgan fingerprint density at radius 2 is 1.21 bits per heavy atom. The number of benzene rings is 2. The van der Waals surface area contributed by atoms with Crippen molar-refractivity contribution in [2.24, 2.45) is 0 Å². The molecule has 0 aliphatic carbocycles. The minimum atomic E-state index is -0.678. The minimum Gasteiger partial charge on any atom is -0.294 e. The first-order chi connectivity index (χ1) is 11.0. The van der Waals surface area contributed by atoms with E-state index in [1.165, 1.54) is 26.0 Å². The summed E-state index contributed by atoms with van der Waals surface area (Å²) in [6, 6.07) is 5.02. The van der Waals surface area contributed by atoms with Crippen molar-refractivity contribution in [1.29, 1.82) is 0 Å². The molecular formula is C17H13Cl3F2O2. The van der Waals surface area contributed by atoms with Gasteiger partial charge in [0, 0.05) is 5.56 Å².